The molecule has 0 spiro atoms. The van der Waals surface area contributed by atoms with Crippen LogP contribution in [0.3, 0.4) is 0 Å². The summed E-state index contributed by atoms with van der Waals surface area (Å²) < 4.78 is 19.4. The van der Waals surface area contributed by atoms with Crippen LogP contribution in [0, 0.1) is 5.82 Å². The van der Waals surface area contributed by atoms with Crippen molar-refractivity contribution >= 4 is 39.6 Å². The molecule has 0 aliphatic rings. The lowest BCUT2D eigenvalue weighted by atomic mass is 10.2. The van der Waals surface area contributed by atoms with E-state index < -0.39 is 17.6 Å². The highest BCUT2D eigenvalue weighted by atomic mass is 79.9. The van der Waals surface area contributed by atoms with Gasteiger partial charge in [-0.3, -0.25) is 9.59 Å². The fourth-order valence-corrected chi connectivity index (χ4v) is 2.73. The zero-order chi connectivity index (χ0) is 21.3. The third kappa shape index (κ3) is 6.25. The molecule has 2 amide bonds. The summed E-state index contributed by atoms with van der Waals surface area (Å²) in [7, 11) is 0. The van der Waals surface area contributed by atoms with Crippen molar-refractivity contribution in [3.8, 4) is 5.75 Å². The summed E-state index contributed by atoms with van der Waals surface area (Å²) in [5.41, 5.74) is 4.14. The van der Waals surface area contributed by atoms with Crippen molar-refractivity contribution in [2.45, 2.75) is 6.61 Å². The lowest BCUT2D eigenvalue weighted by Crippen LogP contribution is -2.32. The Morgan fingerprint density at radius 2 is 1.73 bits per heavy atom. The number of nitrogens with one attached hydrogen (secondary N) is 2. The van der Waals surface area contributed by atoms with Crippen molar-refractivity contribution in [2.24, 2.45) is 5.10 Å². The largest absolute Gasteiger partial charge is 0.489 e. The van der Waals surface area contributed by atoms with Gasteiger partial charge in [0.1, 0.15) is 18.2 Å². The molecule has 0 aliphatic carbocycles. The topological polar surface area (TPSA) is 79.8 Å². The van der Waals surface area contributed by atoms with Crippen molar-refractivity contribution in [2.75, 3.05) is 5.32 Å². The Bertz CT molecular complexity index is 1060. The van der Waals surface area contributed by atoms with Crippen LogP contribution in [0.2, 0.25) is 0 Å². The Kier molecular flexibility index (Phi) is 7.29. The van der Waals surface area contributed by atoms with Gasteiger partial charge in [-0.15, -0.1) is 0 Å². The van der Waals surface area contributed by atoms with E-state index in [1.165, 1.54) is 30.5 Å². The Labute approximate surface area is 180 Å². The van der Waals surface area contributed by atoms with Crippen LogP contribution in [0.25, 0.3) is 0 Å². The van der Waals surface area contributed by atoms with Crippen LogP contribution in [-0.2, 0) is 16.2 Å². The van der Waals surface area contributed by atoms with Gasteiger partial charge in [-0.25, -0.2) is 9.82 Å². The highest BCUT2D eigenvalue weighted by Crippen LogP contribution is 2.22. The summed E-state index contributed by atoms with van der Waals surface area (Å²) in [5.74, 6) is -1.69. The van der Waals surface area contributed by atoms with Crippen LogP contribution in [0.4, 0.5) is 10.1 Å². The van der Waals surface area contributed by atoms with Crippen molar-refractivity contribution in [1.29, 1.82) is 0 Å². The summed E-state index contributed by atoms with van der Waals surface area (Å²) >= 11 is 3.40. The van der Waals surface area contributed by atoms with Gasteiger partial charge < -0.3 is 10.1 Å². The number of amides is 2. The molecule has 0 unspecified atom stereocenters. The number of rotatable bonds is 6. The zero-order valence-electron chi connectivity index (χ0n) is 15.6. The Morgan fingerprint density at radius 1 is 1.00 bits per heavy atom. The quantitative estimate of drug-likeness (QED) is 0.321. The summed E-state index contributed by atoms with van der Waals surface area (Å²) in [6.45, 7) is 0.416. The van der Waals surface area contributed by atoms with Gasteiger partial charge in [0, 0.05) is 15.7 Å². The summed E-state index contributed by atoms with van der Waals surface area (Å²) in [6, 6.07) is 20.1. The lowest BCUT2D eigenvalue weighted by molar-refractivity contribution is -0.136. The van der Waals surface area contributed by atoms with Crippen molar-refractivity contribution in [3.63, 3.8) is 0 Å². The number of halogens is 2. The normalized spacial score (nSPS) is 10.6. The first-order valence-electron chi connectivity index (χ1n) is 8.87. The van der Waals surface area contributed by atoms with Gasteiger partial charge in [0.25, 0.3) is 0 Å². The molecule has 0 aliphatic heterocycles. The fraction of sp³-hybridized carbons (Fsp3) is 0.0455. The average molecular weight is 470 g/mol. The van der Waals surface area contributed by atoms with E-state index >= 15 is 0 Å². The Morgan fingerprint density at radius 3 is 2.47 bits per heavy atom. The number of hydrogen-bond acceptors (Lipinski definition) is 4. The number of carbonyl (C=O) groups excluding carboxylic acids is 2. The van der Waals surface area contributed by atoms with E-state index in [4.69, 9.17) is 4.74 Å². The first-order chi connectivity index (χ1) is 14.5. The van der Waals surface area contributed by atoms with Crippen molar-refractivity contribution in [1.82, 2.24) is 5.43 Å². The molecule has 3 aromatic rings. The minimum absolute atomic E-state index is 0.298. The highest BCUT2D eigenvalue weighted by Gasteiger charge is 2.13. The number of carbonyl (C=O) groups is 2. The van der Waals surface area contributed by atoms with Crippen LogP contribution in [-0.4, -0.2) is 18.0 Å². The molecular weight excluding hydrogens is 453 g/mol. The van der Waals surface area contributed by atoms with Gasteiger partial charge in [0.2, 0.25) is 0 Å². The molecule has 0 fully saturated rings. The van der Waals surface area contributed by atoms with Crippen LogP contribution >= 0.6 is 15.9 Å². The molecule has 6 nitrogen and oxygen atoms in total. The van der Waals surface area contributed by atoms with Gasteiger partial charge in [-0.2, -0.15) is 5.10 Å². The summed E-state index contributed by atoms with van der Waals surface area (Å²) in [5, 5.41) is 6.16. The third-order valence-electron chi connectivity index (χ3n) is 3.89. The van der Waals surface area contributed by atoms with Crippen molar-refractivity contribution in [3.05, 3.63) is 94.2 Å². The smallest absolute Gasteiger partial charge is 0.329 e. The Balaban J connectivity index is 1.56. The van der Waals surface area contributed by atoms with E-state index in [-0.39, 0.29) is 0 Å². The molecular formula is C22H17BrFN3O3. The second-order valence-electron chi connectivity index (χ2n) is 6.12. The minimum atomic E-state index is -0.955. The van der Waals surface area contributed by atoms with E-state index in [0.717, 1.165) is 10.0 Å². The zero-order valence-corrected chi connectivity index (χ0v) is 17.2. The second-order valence-corrected chi connectivity index (χ2v) is 6.97. The molecule has 0 saturated carbocycles. The first kappa shape index (κ1) is 21.2. The van der Waals surface area contributed by atoms with E-state index in [1.54, 1.807) is 18.2 Å². The van der Waals surface area contributed by atoms with E-state index in [0.29, 0.717) is 23.6 Å². The molecule has 152 valence electrons. The number of hydrazone groups is 1. The molecule has 0 radical (unpaired) electrons. The average Bonchev–Trinajstić information content (AvgIpc) is 2.76. The molecule has 0 bridgehead atoms. The summed E-state index contributed by atoms with van der Waals surface area (Å²) in [6.07, 6.45) is 1.39. The van der Waals surface area contributed by atoms with Crippen LogP contribution < -0.4 is 15.5 Å². The number of nitrogens with zero attached hydrogens (tertiary/aromatic N) is 1. The van der Waals surface area contributed by atoms with Gasteiger partial charge in [-0.05, 0) is 48.0 Å². The monoisotopic (exact) mass is 469 g/mol. The molecule has 3 rings (SSSR count). The van der Waals surface area contributed by atoms with E-state index in [9.17, 15) is 14.0 Å². The summed E-state index contributed by atoms with van der Waals surface area (Å²) in [4.78, 5) is 23.7. The van der Waals surface area contributed by atoms with Crippen molar-refractivity contribution < 1.29 is 18.7 Å². The number of ether oxygens (including phenoxy) is 1. The molecule has 0 saturated heterocycles. The van der Waals surface area contributed by atoms with Gasteiger partial charge in [0.15, 0.2) is 0 Å². The maximum absolute atomic E-state index is 12.9. The second kappa shape index (κ2) is 10.3. The number of anilines is 1. The molecule has 0 aromatic heterocycles. The number of hydrogen-bond donors (Lipinski definition) is 2. The van der Waals surface area contributed by atoms with Crippen LogP contribution in [0.5, 0.6) is 5.75 Å². The van der Waals surface area contributed by atoms with Gasteiger partial charge in [0.05, 0.1) is 6.21 Å². The van der Waals surface area contributed by atoms with E-state index in [1.807, 2.05) is 30.3 Å². The maximum Gasteiger partial charge on any atom is 0.329 e. The molecule has 0 atom stereocenters. The number of benzene rings is 3. The minimum Gasteiger partial charge on any atom is -0.489 e. The van der Waals surface area contributed by atoms with E-state index in [2.05, 4.69) is 31.8 Å². The maximum atomic E-state index is 12.9. The highest BCUT2D eigenvalue weighted by molar-refractivity contribution is 9.10. The molecule has 2 N–H and O–H groups in total. The predicted octanol–water partition coefficient (Wildman–Crippen LogP) is 4.26. The van der Waals surface area contributed by atoms with Crippen LogP contribution in [0.1, 0.15) is 11.1 Å². The standard InChI is InChI=1S/C22H17BrFN3O3/c23-20-11-10-19(30-14-15-4-2-1-3-5-15)12-16(20)13-25-27-22(29)21(28)26-18-8-6-17(24)7-9-18/h1-13H,14H2,(H,26,28)(H,27,29)/b25-13-. The molecule has 30 heavy (non-hydrogen) atoms. The SMILES string of the molecule is O=C(N/N=C\c1cc(OCc2ccccc2)ccc1Br)C(=O)Nc1ccc(F)cc1. The van der Waals surface area contributed by atoms with Crippen LogP contribution in [0.15, 0.2) is 82.4 Å². The fourth-order valence-electron chi connectivity index (χ4n) is 2.38. The predicted molar refractivity (Wildman–Crippen MR) is 116 cm³/mol. The third-order valence-corrected chi connectivity index (χ3v) is 4.62. The molecule has 8 heteroatoms. The first-order valence-corrected chi connectivity index (χ1v) is 9.67. The lowest BCUT2D eigenvalue weighted by Gasteiger charge is -2.08. The molecule has 3 aromatic carbocycles. The Hall–Kier alpha value is -3.52. The van der Waals surface area contributed by atoms with Gasteiger partial charge in [-0.1, -0.05) is 46.3 Å². The molecule has 0 heterocycles. The van der Waals surface area contributed by atoms with Gasteiger partial charge >= 0.3 is 11.8 Å².